The second-order valence-corrected chi connectivity index (χ2v) is 6.85. The predicted octanol–water partition coefficient (Wildman–Crippen LogP) is 2.18. The van der Waals surface area contributed by atoms with Crippen LogP contribution in [0.25, 0.3) is 0 Å². The Bertz CT molecular complexity index is 502. The highest BCUT2D eigenvalue weighted by atomic mass is 16.6. The van der Waals surface area contributed by atoms with Crippen LogP contribution in [0, 0.1) is 0 Å². The van der Waals surface area contributed by atoms with Crippen LogP contribution >= 0.6 is 0 Å². The van der Waals surface area contributed by atoms with E-state index >= 15 is 0 Å². The molecule has 2 rings (SSSR count). The predicted molar refractivity (Wildman–Crippen MR) is 87.5 cm³/mol. The molecule has 1 amide bonds. The van der Waals surface area contributed by atoms with Crippen molar-refractivity contribution in [1.29, 1.82) is 0 Å². The Labute approximate surface area is 137 Å². The number of ether oxygens (including phenoxy) is 2. The summed E-state index contributed by atoms with van der Waals surface area (Å²) in [5.74, 6) is 0.771. The first-order valence-corrected chi connectivity index (χ1v) is 8.24. The Morgan fingerprint density at radius 1 is 1.39 bits per heavy atom. The topological polar surface area (TPSA) is 82.6 Å². The van der Waals surface area contributed by atoms with E-state index < -0.39 is 5.60 Å². The van der Waals surface area contributed by atoms with Crippen molar-refractivity contribution in [3.63, 3.8) is 0 Å². The quantitative estimate of drug-likeness (QED) is 0.839. The fraction of sp³-hybridized carbons (Fsp3) is 0.750. The maximum Gasteiger partial charge on any atom is 0.410 e. The Morgan fingerprint density at radius 3 is 2.70 bits per heavy atom. The molecule has 0 spiro atoms. The van der Waals surface area contributed by atoms with Crippen LogP contribution in [0.3, 0.4) is 0 Å². The Morgan fingerprint density at radius 2 is 2.09 bits per heavy atom. The first-order valence-electron chi connectivity index (χ1n) is 8.24. The Hall–Kier alpha value is -1.76. The molecule has 0 radical (unpaired) electrons. The average molecular weight is 324 g/mol. The molecular weight excluding hydrogens is 296 g/mol. The molecule has 1 aromatic heterocycles. The SMILES string of the molecule is CC(C)(C)OC(=O)N1CCC(n2cc(OCCCN)cn2)CC1. The van der Waals surface area contributed by atoms with E-state index in [0.29, 0.717) is 32.3 Å². The summed E-state index contributed by atoms with van der Waals surface area (Å²) in [6.45, 7) is 8.25. The monoisotopic (exact) mass is 324 g/mol. The zero-order valence-electron chi connectivity index (χ0n) is 14.3. The van der Waals surface area contributed by atoms with Crippen molar-refractivity contribution in [2.45, 2.75) is 51.7 Å². The molecule has 7 nitrogen and oxygen atoms in total. The number of piperidine rings is 1. The molecule has 0 atom stereocenters. The smallest absolute Gasteiger partial charge is 0.410 e. The number of hydrogen-bond acceptors (Lipinski definition) is 5. The van der Waals surface area contributed by atoms with Crippen molar-refractivity contribution < 1.29 is 14.3 Å². The van der Waals surface area contributed by atoms with E-state index in [1.165, 1.54) is 0 Å². The number of amides is 1. The molecule has 7 heteroatoms. The molecule has 0 bridgehead atoms. The van der Waals surface area contributed by atoms with Crippen LogP contribution in [0.2, 0.25) is 0 Å². The second-order valence-electron chi connectivity index (χ2n) is 6.85. The van der Waals surface area contributed by atoms with Gasteiger partial charge in [0, 0.05) is 13.1 Å². The summed E-state index contributed by atoms with van der Waals surface area (Å²) >= 11 is 0. The fourth-order valence-electron chi connectivity index (χ4n) is 2.51. The van der Waals surface area contributed by atoms with Crippen molar-refractivity contribution in [2.24, 2.45) is 5.73 Å². The number of likely N-dealkylation sites (tertiary alicyclic amines) is 1. The van der Waals surface area contributed by atoms with Gasteiger partial charge in [0.15, 0.2) is 5.75 Å². The van der Waals surface area contributed by atoms with Gasteiger partial charge in [-0.15, -0.1) is 0 Å². The van der Waals surface area contributed by atoms with Crippen LogP contribution in [-0.4, -0.2) is 52.6 Å². The maximum atomic E-state index is 12.1. The van der Waals surface area contributed by atoms with Gasteiger partial charge in [0.1, 0.15) is 5.60 Å². The van der Waals surface area contributed by atoms with E-state index in [2.05, 4.69) is 5.10 Å². The van der Waals surface area contributed by atoms with E-state index in [0.717, 1.165) is 25.0 Å². The molecule has 1 aromatic rings. The summed E-state index contributed by atoms with van der Waals surface area (Å²) in [4.78, 5) is 13.8. The van der Waals surface area contributed by atoms with Crippen LogP contribution in [0.15, 0.2) is 12.4 Å². The zero-order valence-corrected chi connectivity index (χ0v) is 14.3. The van der Waals surface area contributed by atoms with Gasteiger partial charge in [-0.05, 0) is 46.6 Å². The molecule has 130 valence electrons. The largest absolute Gasteiger partial charge is 0.490 e. The molecular formula is C16H28N4O3. The van der Waals surface area contributed by atoms with Crippen LogP contribution in [0.1, 0.15) is 46.1 Å². The second kappa shape index (κ2) is 7.68. The number of carbonyl (C=O) groups is 1. The summed E-state index contributed by atoms with van der Waals surface area (Å²) in [6, 6.07) is 0.292. The lowest BCUT2D eigenvalue weighted by Crippen LogP contribution is -2.42. The zero-order chi connectivity index (χ0) is 16.9. The van der Waals surface area contributed by atoms with Gasteiger partial charge in [0.05, 0.1) is 25.0 Å². The summed E-state index contributed by atoms with van der Waals surface area (Å²) in [5, 5.41) is 4.37. The van der Waals surface area contributed by atoms with Crippen LogP contribution < -0.4 is 10.5 Å². The molecule has 2 N–H and O–H groups in total. The van der Waals surface area contributed by atoms with E-state index in [1.54, 1.807) is 11.1 Å². The van der Waals surface area contributed by atoms with Crippen molar-refractivity contribution in [3.8, 4) is 5.75 Å². The standard InChI is InChI=1S/C16H28N4O3/c1-16(2,3)23-15(21)19-8-5-13(6-9-19)20-12-14(11-18-20)22-10-4-7-17/h11-13H,4-10,17H2,1-3H3. The fourth-order valence-corrected chi connectivity index (χ4v) is 2.51. The number of nitrogens with two attached hydrogens (primary N) is 1. The average Bonchev–Trinajstić information content (AvgIpc) is 2.95. The third kappa shape index (κ3) is 5.42. The van der Waals surface area contributed by atoms with Crippen LogP contribution in [0.4, 0.5) is 4.79 Å². The Kier molecular flexibility index (Phi) is 5.87. The van der Waals surface area contributed by atoms with E-state index in [4.69, 9.17) is 15.2 Å². The van der Waals surface area contributed by atoms with Crippen LogP contribution in [-0.2, 0) is 4.74 Å². The molecule has 2 heterocycles. The first-order chi connectivity index (χ1) is 10.9. The highest BCUT2D eigenvalue weighted by molar-refractivity contribution is 5.68. The first kappa shape index (κ1) is 17.6. The molecule has 1 aliphatic rings. The summed E-state index contributed by atoms with van der Waals surface area (Å²) < 4.78 is 12.9. The highest BCUT2D eigenvalue weighted by Gasteiger charge is 2.27. The van der Waals surface area contributed by atoms with Crippen molar-refractivity contribution in [1.82, 2.24) is 14.7 Å². The van der Waals surface area contributed by atoms with Gasteiger partial charge in [-0.3, -0.25) is 4.68 Å². The minimum absolute atomic E-state index is 0.234. The minimum Gasteiger partial charge on any atom is -0.490 e. The number of hydrogen-bond donors (Lipinski definition) is 1. The maximum absolute atomic E-state index is 12.1. The van der Waals surface area contributed by atoms with E-state index in [1.807, 2.05) is 31.6 Å². The van der Waals surface area contributed by atoms with Crippen LogP contribution in [0.5, 0.6) is 5.75 Å². The van der Waals surface area contributed by atoms with E-state index in [-0.39, 0.29) is 6.09 Å². The summed E-state index contributed by atoms with van der Waals surface area (Å²) in [7, 11) is 0. The molecule has 0 aromatic carbocycles. The van der Waals surface area contributed by atoms with Crippen molar-refractivity contribution >= 4 is 6.09 Å². The van der Waals surface area contributed by atoms with Crippen molar-refractivity contribution in [3.05, 3.63) is 12.4 Å². The molecule has 0 unspecified atom stereocenters. The van der Waals surface area contributed by atoms with Gasteiger partial charge in [-0.25, -0.2) is 4.79 Å². The minimum atomic E-state index is -0.453. The highest BCUT2D eigenvalue weighted by Crippen LogP contribution is 2.25. The van der Waals surface area contributed by atoms with Gasteiger partial charge in [-0.1, -0.05) is 0 Å². The summed E-state index contributed by atoms with van der Waals surface area (Å²) in [5.41, 5.74) is 4.99. The number of nitrogens with zero attached hydrogens (tertiary/aromatic N) is 3. The molecule has 23 heavy (non-hydrogen) atoms. The Balaban J connectivity index is 1.81. The number of rotatable bonds is 5. The molecule has 1 aliphatic heterocycles. The third-order valence-electron chi connectivity index (χ3n) is 3.69. The molecule has 0 aliphatic carbocycles. The van der Waals surface area contributed by atoms with Gasteiger partial charge in [-0.2, -0.15) is 5.10 Å². The third-order valence-corrected chi connectivity index (χ3v) is 3.69. The molecule has 1 fully saturated rings. The lowest BCUT2D eigenvalue weighted by molar-refractivity contribution is 0.0184. The normalized spacial score (nSPS) is 16.4. The van der Waals surface area contributed by atoms with Gasteiger partial charge in [0.2, 0.25) is 0 Å². The molecule has 0 saturated carbocycles. The number of carbonyl (C=O) groups excluding carboxylic acids is 1. The van der Waals surface area contributed by atoms with Crippen molar-refractivity contribution in [2.75, 3.05) is 26.2 Å². The lowest BCUT2D eigenvalue weighted by atomic mass is 10.1. The molecule has 1 saturated heterocycles. The van der Waals surface area contributed by atoms with Gasteiger partial charge < -0.3 is 20.1 Å². The van der Waals surface area contributed by atoms with E-state index in [9.17, 15) is 4.79 Å². The number of aromatic nitrogens is 2. The van der Waals surface area contributed by atoms with Gasteiger partial charge in [0.25, 0.3) is 0 Å². The van der Waals surface area contributed by atoms with Gasteiger partial charge >= 0.3 is 6.09 Å². The lowest BCUT2D eigenvalue weighted by Gasteiger charge is -2.33. The summed E-state index contributed by atoms with van der Waals surface area (Å²) in [6.07, 6.45) is 5.98.